The summed E-state index contributed by atoms with van der Waals surface area (Å²) >= 11 is 0. The number of hydrogen-bond donors (Lipinski definition) is 1. The molecular formula is C14H21F2N5. The minimum Gasteiger partial charge on any atom is -0.378 e. The van der Waals surface area contributed by atoms with Crippen molar-refractivity contribution in [3.63, 3.8) is 0 Å². The highest BCUT2D eigenvalue weighted by Crippen LogP contribution is 2.18. The summed E-state index contributed by atoms with van der Waals surface area (Å²) in [7, 11) is 0. The van der Waals surface area contributed by atoms with Crippen molar-refractivity contribution >= 4 is 5.69 Å². The second-order valence-electron chi connectivity index (χ2n) is 5.38. The number of rotatable bonds is 6. The predicted octanol–water partition coefficient (Wildman–Crippen LogP) is 3.15. The molecule has 0 spiro atoms. The molecule has 0 aliphatic rings. The molecule has 2 aromatic rings. The summed E-state index contributed by atoms with van der Waals surface area (Å²) in [6.07, 6.45) is 1.20. The second-order valence-corrected chi connectivity index (χ2v) is 5.38. The van der Waals surface area contributed by atoms with Crippen LogP contribution in [0, 0.1) is 13.8 Å². The van der Waals surface area contributed by atoms with Crippen LogP contribution in [-0.2, 0) is 13.1 Å². The zero-order valence-corrected chi connectivity index (χ0v) is 12.8. The van der Waals surface area contributed by atoms with Crippen molar-refractivity contribution in [2.75, 3.05) is 5.32 Å². The molecule has 2 rings (SSSR count). The van der Waals surface area contributed by atoms with Crippen molar-refractivity contribution in [3.8, 4) is 0 Å². The lowest BCUT2D eigenvalue weighted by atomic mass is 10.2. The first-order valence-corrected chi connectivity index (χ1v) is 6.97. The van der Waals surface area contributed by atoms with Crippen LogP contribution in [0.2, 0.25) is 0 Å². The molecule has 5 nitrogen and oxygen atoms in total. The summed E-state index contributed by atoms with van der Waals surface area (Å²) in [4.78, 5) is 0. The van der Waals surface area contributed by atoms with Gasteiger partial charge in [-0.3, -0.25) is 9.36 Å². The van der Waals surface area contributed by atoms with Gasteiger partial charge in [0.2, 0.25) is 0 Å². The van der Waals surface area contributed by atoms with Crippen LogP contribution in [0.4, 0.5) is 14.5 Å². The van der Waals surface area contributed by atoms with Gasteiger partial charge in [0.15, 0.2) is 0 Å². The normalized spacial score (nSPS) is 11.6. The first-order chi connectivity index (χ1) is 9.88. The van der Waals surface area contributed by atoms with Gasteiger partial charge in [0.25, 0.3) is 6.43 Å². The third-order valence-electron chi connectivity index (χ3n) is 3.43. The van der Waals surface area contributed by atoms with Crippen molar-refractivity contribution in [2.45, 2.75) is 53.3 Å². The second kappa shape index (κ2) is 6.24. The Morgan fingerprint density at radius 1 is 1.29 bits per heavy atom. The topological polar surface area (TPSA) is 47.7 Å². The molecule has 2 heterocycles. The molecule has 0 unspecified atom stereocenters. The molecule has 0 aliphatic heterocycles. The van der Waals surface area contributed by atoms with Crippen LogP contribution in [0.1, 0.15) is 36.8 Å². The Kier molecular flexibility index (Phi) is 4.59. The molecule has 0 fully saturated rings. The molecule has 0 saturated carbocycles. The number of anilines is 1. The minimum absolute atomic E-state index is 0.301. The molecule has 21 heavy (non-hydrogen) atoms. The summed E-state index contributed by atoms with van der Waals surface area (Å²) in [5.41, 5.74) is 3.54. The predicted molar refractivity (Wildman–Crippen MR) is 77.6 cm³/mol. The Morgan fingerprint density at radius 3 is 2.57 bits per heavy atom. The molecular weight excluding hydrogens is 276 g/mol. The number of alkyl halides is 2. The van der Waals surface area contributed by atoms with E-state index in [1.807, 2.05) is 17.8 Å². The van der Waals surface area contributed by atoms with Crippen LogP contribution in [0.25, 0.3) is 0 Å². The van der Waals surface area contributed by atoms with E-state index in [2.05, 4.69) is 29.4 Å². The Balaban J connectivity index is 2.05. The van der Waals surface area contributed by atoms with Gasteiger partial charge in [-0.1, -0.05) is 0 Å². The Bertz CT molecular complexity index is 601. The molecule has 0 bridgehead atoms. The van der Waals surface area contributed by atoms with E-state index in [9.17, 15) is 8.78 Å². The molecule has 1 N–H and O–H groups in total. The highest BCUT2D eigenvalue weighted by atomic mass is 19.3. The van der Waals surface area contributed by atoms with Gasteiger partial charge < -0.3 is 5.32 Å². The number of nitrogens with one attached hydrogen (secondary N) is 1. The molecule has 0 atom stereocenters. The first kappa shape index (κ1) is 15.5. The summed E-state index contributed by atoms with van der Waals surface area (Å²) in [6, 6.07) is 0.301. The number of halogens is 2. The van der Waals surface area contributed by atoms with Crippen molar-refractivity contribution in [1.29, 1.82) is 0 Å². The van der Waals surface area contributed by atoms with Gasteiger partial charge in [-0.25, -0.2) is 8.78 Å². The monoisotopic (exact) mass is 297 g/mol. The van der Waals surface area contributed by atoms with E-state index in [0.29, 0.717) is 12.6 Å². The van der Waals surface area contributed by atoms with Crippen molar-refractivity contribution < 1.29 is 8.78 Å². The van der Waals surface area contributed by atoms with Gasteiger partial charge in [0.1, 0.15) is 6.54 Å². The minimum atomic E-state index is -2.39. The fraction of sp³-hybridized carbons (Fsp3) is 0.571. The summed E-state index contributed by atoms with van der Waals surface area (Å²) in [5, 5.41) is 11.7. The lowest BCUT2D eigenvalue weighted by Crippen LogP contribution is -2.10. The Hall–Kier alpha value is -1.92. The molecule has 0 saturated heterocycles. The lowest BCUT2D eigenvalue weighted by molar-refractivity contribution is 0.121. The fourth-order valence-corrected chi connectivity index (χ4v) is 2.08. The van der Waals surface area contributed by atoms with Crippen molar-refractivity contribution in [1.82, 2.24) is 19.6 Å². The van der Waals surface area contributed by atoms with Crippen LogP contribution < -0.4 is 5.32 Å². The van der Waals surface area contributed by atoms with E-state index in [4.69, 9.17) is 0 Å². The van der Waals surface area contributed by atoms with Gasteiger partial charge >= 0.3 is 0 Å². The largest absolute Gasteiger partial charge is 0.378 e. The van der Waals surface area contributed by atoms with E-state index in [1.54, 1.807) is 13.1 Å². The highest BCUT2D eigenvalue weighted by Gasteiger charge is 2.12. The third kappa shape index (κ3) is 3.59. The third-order valence-corrected chi connectivity index (χ3v) is 3.43. The average molecular weight is 297 g/mol. The van der Waals surface area contributed by atoms with Crippen molar-refractivity contribution in [3.05, 3.63) is 29.3 Å². The van der Waals surface area contributed by atoms with Crippen LogP contribution in [-0.4, -0.2) is 26.0 Å². The SMILES string of the molecule is Cc1nn(C(C)C)cc1NCc1cnn(CC(F)F)c1C. The highest BCUT2D eigenvalue weighted by molar-refractivity contribution is 5.46. The van der Waals surface area contributed by atoms with Gasteiger partial charge in [-0.2, -0.15) is 10.2 Å². The van der Waals surface area contributed by atoms with Crippen LogP contribution in [0.15, 0.2) is 12.4 Å². The van der Waals surface area contributed by atoms with E-state index in [1.165, 1.54) is 4.68 Å². The quantitative estimate of drug-likeness (QED) is 0.891. The maximum absolute atomic E-state index is 12.4. The van der Waals surface area contributed by atoms with Gasteiger partial charge in [-0.05, 0) is 27.7 Å². The molecule has 7 heteroatoms. The molecule has 0 aromatic carbocycles. The first-order valence-electron chi connectivity index (χ1n) is 6.97. The van der Waals surface area contributed by atoms with E-state index < -0.39 is 6.43 Å². The van der Waals surface area contributed by atoms with Crippen LogP contribution in [0.3, 0.4) is 0 Å². The number of nitrogens with zero attached hydrogens (tertiary/aromatic N) is 4. The molecule has 0 amide bonds. The Labute approximate surface area is 123 Å². The van der Waals surface area contributed by atoms with Gasteiger partial charge in [0, 0.05) is 30.0 Å². The molecule has 2 aromatic heterocycles. The smallest absolute Gasteiger partial charge is 0.257 e. The molecule has 116 valence electrons. The zero-order valence-electron chi connectivity index (χ0n) is 12.8. The number of aryl methyl sites for hydroxylation is 1. The van der Waals surface area contributed by atoms with Gasteiger partial charge in [-0.15, -0.1) is 0 Å². The number of aromatic nitrogens is 4. The van der Waals surface area contributed by atoms with E-state index in [0.717, 1.165) is 22.6 Å². The Morgan fingerprint density at radius 2 is 2.00 bits per heavy atom. The van der Waals surface area contributed by atoms with Crippen LogP contribution in [0.5, 0.6) is 0 Å². The van der Waals surface area contributed by atoms with Gasteiger partial charge in [0.05, 0.1) is 17.6 Å². The zero-order chi connectivity index (χ0) is 15.6. The summed E-state index contributed by atoms with van der Waals surface area (Å²) in [6.45, 7) is 8.05. The lowest BCUT2D eigenvalue weighted by Gasteiger charge is -2.06. The van der Waals surface area contributed by atoms with Crippen molar-refractivity contribution in [2.24, 2.45) is 0 Å². The van der Waals surface area contributed by atoms with Crippen LogP contribution >= 0.6 is 0 Å². The van der Waals surface area contributed by atoms with E-state index >= 15 is 0 Å². The maximum Gasteiger partial charge on any atom is 0.257 e. The molecule has 0 radical (unpaired) electrons. The molecule has 0 aliphatic carbocycles. The fourth-order valence-electron chi connectivity index (χ4n) is 2.08. The van der Waals surface area contributed by atoms with E-state index in [-0.39, 0.29) is 6.54 Å². The summed E-state index contributed by atoms with van der Waals surface area (Å²) in [5.74, 6) is 0. The standard InChI is InChI=1S/C14H21F2N5/c1-9(2)20-7-13(10(3)19-20)17-5-12-6-18-21(11(12)4)8-14(15)16/h6-7,9,14,17H,5,8H2,1-4H3. The summed E-state index contributed by atoms with van der Waals surface area (Å²) < 4.78 is 28.0. The number of hydrogen-bond acceptors (Lipinski definition) is 3. The average Bonchev–Trinajstić information content (AvgIpc) is 2.92. The maximum atomic E-state index is 12.4.